The van der Waals surface area contributed by atoms with Crippen LogP contribution in [0, 0.1) is 11.9 Å². The minimum Gasteiger partial charge on any atom is -0.315 e. The molecule has 0 radical (unpaired) electrons. The van der Waals surface area contributed by atoms with Crippen molar-refractivity contribution in [1.82, 2.24) is 14.5 Å². The lowest BCUT2D eigenvalue weighted by atomic mass is 9.94. The highest BCUT2D eigenvalue weighted by atomic mass is 19.4. The summed E-state index contributed by atoms with van der Waals surface area (Å²) in [6.45, 7) is 3.32. The number of likely N-dealkylation sites (tertiary alicyclic amines) is 1. The van der Waals surface area contributed by atoms with Gasteiger partial charge in [-0.15, -0.1) is 0 Å². The Balaban J connectivity index is 1.14. The van der Waals surface area contributed by atoms with Gasteiger partial charge in [0.05, 0.1) is 5.56 Å². The van der Waals surface area contributed by atoms with Crippen LogP contribution in [0.4, 0.5) is 17.6 Å². The monoisotopic (exact) mass is 471 g/mol. The lowest BCUT2D eigenvalue weighted by Crippen LogP contribution is -2.28. The van der Waals surface area contributed by atoms with E-state index in [1.807, 2.05) is 6.07 Å². The summed E-state index contributed by atoms with van der Waals surface area (Å²) in [6, 6.07) is 12.0. The number of rotatable bonds is 7. The highest BCUT2D eigenvalue weighted by molar-refractivity contribution is 5.60. The molecule has 0 N–H and O–H groups in total. The van der Waals surface area contributed by atoms with Gasteiger partial charge < -0.3 is 9.47 Å². The van der Waals surface area contributed by atoms with Crippen LogP contribution < -0.4 is 5.56 Å². The molecule has 1 saturated carbocycles. The van der Waals surface area contributed by atoms with Crippen molar-refractivity contribution in [3.8, 4) is 11.1 Å². The molecule has 2 aromatic heterocycles. The van der Waals surface area contributed by atoms with E-state index in [1.54, 1.807) is 35.0 Å². The molecule has 3 aromatic rings. The second-order valence-electron chi connectivity index (χ2n) is 9.36. The lowest BCUT2D eigenvalue weighted by Gasteiger charge is -2.21. The summed E-state index contributed by atoms with van der Waals surface area (Å²) in [4.78, 5) is 18.8. The molecule has 1 saturated heterocycles. The molecule has 1 aromatic carbocycles. The fourth-order valence-corrected chi connectivity index (χ4v) is 5.28. The fraction of sp³-hybridized carbons (Fsp3) is 0.385. The number of hydrogen-bond acceptors (Lipinski definition) is 3. The average molecular weight is 471 g/mol. The molecule has 2 atom stereocenters. The summed E-state index contributed by atoms with van der Waals surface area (Å²) in [5, 5.41) is 0. The molecule has 0 spiro atoms. The number of nitrogens with zero attached hydrogens (tertiary/aromatic N) is 3. The van der Waals surface area contributed by atoms with Gasteiger partial charge in [-0.25, -0.2) is 4.98 Å². The second-order valence-corrected chi connectivity index (χ2v) is 9.36. The largest absolute Gasteiger partial charge is 0.416 e. The Morgan fingerprint density at radius 3 is 2.50 bits per heavy atom. The van der Waals surface area contributed by atoms with Crippen LogP contribution in [0.25, 0.3) is 11.1 Å². The van der Waals surface area contributed by atoms with E-state index in [0.29, 0.717) is 23.6 Å². The summed E-state index contributed by atoms with van der Waals surface area (Å²) < 4.78 is 53.3. The number of aryl methyl sites for hydroxylation is 1. The van der Waals surface area contributed by atoms with Crippen molar-refractivity contribution >= 4 is 0 Å². The molecule has 8 heteroatoms. The number of benzene rings is 1. The first kappa shape index (κ1) is 22.8. The highest BCUT2D eigenvalue weighted by Crippen LogP contribution is 2.59. The molecule has 0 amide bonds. The first-order valence-electron chi connectivity index (χ1n) is 11.5. The number of aromatic nitrogens is 2. The van der Waals surface area contributed by atoms with E-state index in [1.165, 1.54) is 24.4 Å². The molecular formula is C26H25F4N3O. The van der Waals surface area contributed by atoms with Crippen molar-refractivity contribution in [1.29, 1.82) is 0 Å². The molecule has 5 rings (SSSR count). The Labute approximate surface area is 194 Å². The topological polar surface area (TPSA) is 38.1 Å². The predicted octanol–water partition coefficient (Wildman–Crippen LogP) is 5.12. The Kier molecular flexibility index (Phi) is 5.80. The summed E-state index contributed by atoms with van der Waals surface area (Å²) in [7, 11) is 0. The minimum absolute atomic E-state index is 0.00140. The second kappa shape index (κ2) is 8.65. The molecule has 34 heavy (non-hydrogen) atoms. The van der Waals surface area contributed by atoms with Crippen molar-refractivity contribution in [2.45, 2.75) is 37.4 Å². The van der Waals surface area contributed by atoms with Crippen LogP contribution >= 0.6 is 0 Å². The van der Waals surface area contributed by atoms with Gasteiger partial charge in [0.15, 0.2) is 0 Å². The third-order valence-corrected chi connectivity index (χ3v) is 7.19. The number of fused-ring (bicyclic) bond motifs is 1. The summed E-state index contributed by atoms with van der Waals surface area (Å²) in [5.74, 6) is -0.0764. The molecule has 3 heterocycles. The van der Waals surface area contributed by atoms with Crippen LogP contribution in [0.15, 0.2) is 65.7 Å². The van der Waals surface area contributed by atoms with Crippen LogP contribution in [0.5, 0.6) is 0 Å². The Morgan fingerprint density at radius 2 is 1.79 bits per heavy atom. The highest BCUT2D eigenvalue weighted by Gasteiger charge is 2.60. The van der Waals surface area contributed by atoms with E-state index in [-0.39, 0.29) is 11.0 Å². The van der Waals surface area contributed by atoms with Crippen LogP contribution in [0.2, 0.25) is 0 Å². The lowest BCUT2D eigenvalue weighted by molar-refractivity contribution is -0.137. The van der Waals surface area contributed by atoms with Gasteiger partial charge in [-0.2, -0.15) is 17.6 Å². The van der Waals surface area contributed by atoms with Crippen molar-refractivity contribution in [2.75, 3.05) is 19.6 Å². The summed E-state index contributed by atoms with van der Waals surface area (Å²) in [5.41, 5.74) is 1.36. The zero-order valence-electron chi connectivity index (χ0n) is 18.6. The van der Waals surface area contributed by atoms with Crippen LogP contribution in [-0.2, 0) is 18.1 Å². The van der Waals surface area contributed by atoms with Crippen LogP contribution in [0.1, 0.15) is 30.4 Å². The number of piperidine rings is 1. The quantitative estimate of drug-likeness (QED) is 0.273. The molecule has 1 aliphatic carbocycles. The van der Waals surface area contributed by atoms with E-state index in [2.05, 4.69) is 9.88 Å². The van der Waals surface area contributed by atoms with E-state index in [0.717, 1.165) is 44.5 Å². The molecule has 1 unspecified atom stereocenters. The zero-order valence-corrected chi connectivity index (χ0v) is 18.6. The standard InChI is InChI=1S/C26H25F4N3O/c27-23-10-5-18(15-31-23)22-4-3-13-33(24(22)34)12-2-1-11-32-16-21-14-25(21,17-32)19-6-8-20(9-7-19)26(28,29)30/h3-10,13,15,21H,1-2,11-12,14,16-17H2/t21?,25-/m1/s1. The van der Waals surface area contributed by atoms with Crippen molar-refractivity contribution in [2.24, 2.45) is 5.92 Å². The van der Waals surface area contributed by atoms with Gasteiger partial charge in [0.1, 0.15) is 0 Å². The van der Waals surface area contributed by atoms with E-state index in [4.69, 9.17) is 0 Å². The SMILES string of the molecule is O=c1c(-c2ccc(F)nc2)cccn1CCCCN1CC2C[C@]2(c2ccc(C(F)(F)F)cc2)C1. The van der Waals surface area contributed by atoms with Gasteiger partial charge in [0.25, 0.3) is 5.56 Å². The van der Waals surface area contributed by atoms with Gasteiger partial charge in [-0.1, -0.05) is 12.1 Å². The number of hydrogen-bond donors (Lipinski definition) is 0. The third-order valence-electron chi connectivity index (χ3n) is 7.19. The number of unbranched alkanes of at least 4 members (excludes halogenated alkanes) is 1. The number of halogens is 4. The molecule has 2 fully saturated rings. The van der Waals surface area contributed by atoms with E-state index >= 15 is 0 Å². The molecule has 178 valence electrons. The number of pyridine rings is 2. The van der Waals surface area contributed by atoms with Crippen molar-refractivity contribution < 1.29 is 17.6 Å². The van der Waals surface area contributed by atoms with Gasteiger partial charge in [-0.3, -0.25) is 4.79 Å². The molecule has 1 aliphatic heterocycles. The van der Waals surface area contributed by atoms with Gasteiger partial charge in [-0.05, 0) is 73.7 Å². The summed E-state index contributed by atoms with van der Waals surface area (Å²) in [6.07, 6.45) is 1.60. The Hall–Kier alpha value is -3.00. The predicted molar refractivity (Wildman–Crippen MR) is 121 cm³/mol. The fourth-order valence-electron chi connectivity index (χ4n) is 5.28. The Bertz CT molecular complexity index is 1220. The smallest absolute Gasteiger partial charge is 0.315 e. The maximum Gasteiger partial charge on any atom is 0.416 e. The maximum atomic E-state index is 13.1. The van der Waals surface area contributed by atoms with Gasteiger partial charge in [0.2, 0.25) is 5.95 Å². The molecule has 0 bridgehead atoms. The van der Waals surface area contributed by atoms with Gasteiger partial charge >= 0.3 is 6.18 Å². The van der Waals surface area contributed by atoms with E-state index < -0.39 is 17.7 Å². The normalized spacial score (nSPS) is 22.1. The van der Waals surface area contributed by atoms with Crippen LogP contribution in [0.3, 0.4) is 0 Å². The average Bonchev–Trinajstić information content (AvgIpc) is 3.39. The molecular weight excluding hydrogens is 446 g/mol. The minimum atomic E-state index is -4.31. The third kappa shape index (κ3) is 4.39. The molecule has 2 aliphatic rings. The number of alkyl halides is 3. The first-order chi connectivity index (χ1) is 16.3. The molecule has 4 nitrogen and oxygen atoms in total. The van der Waals surface area contributed by atoms with Crippen molar-refractivity contribution in [3.05, 3.63) is 88.4 Å². The van der Waals surface area contributed by atoms with Crippen molar-refractivity contribution in [3.63, 3.8) is 0 Å². The zero-order chi connectivity index (χ0) is 23.9. The summed E-state index contributed by atoms with van der Waals surface area (Å²) >= 11 is 0. The first-order valence-corrected chi connectivity index (χ1v) is 11.5. The van der Waals surface area contributed by atoms with Crippen LogP contribution in [-0.4, -0.2) is 34.1 Å². The van der Waals surface area contributed by atoms with Gasteiger partial charge in [0, 0.05) is 48.6 Å². The Morgan fingerprint density at radius 1 is 1.03 bits per heavy atom. The maximum absolute atomic E-state index is 13.1. The van der Waals surface area contributed by atoms with E-state index in [9.17, 15) is 22.4 Å².